The topological polar surface area (TPSA) is 29.5 Å². The predicted octanol–water partition coefficient (Wildman–Crippen LogP) is 4.47. The van der Waals surface area contributed by atoms with E-state index in [0.717, 1.165) is 0 Å². The molecule has 0 amide bonds. The Kier molecular flexibility index (Phi) is 4.42. The van der Waals surface area contributed by atoms with Gasteiger partial charge >= 0.3 is 6.18 Å². The number of hydrogen-bond donors (Lipinski definition) is 1. The van der Waals surface area contributed by atoms with Crippen LogP contribution in [0.1, 0.15) is 25.5 Å². The van der Waals surface area contributed by atoms with Gasteiger partial charge in [-0.15, -0.1) is 0 Å². The summed E-state index contributed by atoms with van der Waals surface area (Å²) < 4.78 is 43.8. The van der Waals surface area contributed by atoms with Crippen molar-refractivity contribution in [1.82, 2.24) is 0 Å². The number of hydrogen-bond acceptors (Lipinski definition) is 2. The molecule has 2 aromatic rings. The summed E-state index contributed by atoms with van der Waals surface area (Å²) >= 11 is 0. The molecule has 0 aliphatic heterocycles. The summed E-state index contributed by atoms with van der Waals surface area (Å²) in [6, 6.07) is 9.38. The first-order valence-electron chi connectivity index (χ1n) is 6.70. The Morgan fingerprint density at radius 1 is 1.05 bits per heavy atom. The van der Waals surface area contributed by atoms with Gasteiger partial charge in [0.05, 0.1) is 6.61 Å². The summed E-state index contributed by atoms with van der Waals surface area (Å²) in [7, 11) is 0. The quantitative estimate of drug-likeness (QED) is 0.902. The van der Waals surface area contributed by atoms with Gasteiger partial charge in [-0.3, -0.25) is 0 Å². The number of ether oxygens (including phenoxy) is 1. The van der Waals surface area contributed by atoms with Gasteiger partial charge in [-0.2, -0.15) is 13.2 Å². The summed E-state index contributed by atoms with van der Waals surface area (Å²) in [5, 5.41) is 10.4. The summed E-state index contributed by atoms with van der Waals surface area (Å²) in [6.07, 6.45) is -7.19. The molecule has 2 nitrogen and oxygen atoms in total. The fraction of sp³-hybridized carbons (Fsp3) is 0.375. The zero-order valence-corrected chi connectivity index (χ0v) is 11.8. The van der Waals surface area contributed by atoms with E-state index in [1.165, 1.54) is 12.1 Å². The van der Waals surface area contributed by atoms with Crippen LogP contribution in [-0.2, 0) is 0 Å². The molecular formula is C16H17F3O2. The average Bonchev–Trinajstić information content (AvgIpc) is 2.42. The lowest BCUT2D eigenvalue weighted by molar-refractivity contribution is -0.206. The monoisotopic (exact) mass is 298 g/mol. The Morgan fingerprint density at radius 3 is 2.24 bits per heavy atom. The summed E-state index contributed by atoms with van der Waals surface area (Å²) in [4.78, 5) is 0. The van der Waals surface area contributed by atoms with Crippen LogP contribution < -0.4 is 4.74 Å². The van der Waals surface area contributed by atoms with E-state index in [1.807, 2.05) is 13.8 Å². The molecule has 0 heterocycles. The fourth-order valence-corrected chi connectivity index (χ4v) is 2.09. The second kappa shape index (κ2) is 5.93. The molecule has 0 saturated heterocycles. The molecule has 2 aromatic carbocycles. The molecule has 0 aliphatic carbocycles. The molecule has 0 aromatic heterocycles. The second-order valence-electron chi connectivity index (χ2n) is 5.35. The van der Waals surface area contributed by atoms with Gasteiger partial charge < -0.3 is 9.84 Å². The van der Waals surface area contributed by atoms with Crippen LogP contribution in [0.3, 0.4) is 0 Å². The van der Waals surface area contributed by atoms with Crippen molar-refractivity contribution in [2.45, 2.75) is 26.1 Å². The van der Waals surface area contributed by atoms with Gasteiger partial charge in [0.25, 0.3) is 0 Å². The van der Waals surface area contributed by atoms with E-state index >= 15 is 0 Å². The van der Waals surface area contributed by atoms with E-state index < -0.39 is 12.3 Å². The van der Waals surface area contributed by atoms with Crippen molar-refractivity contribution in [1.29, 1.82) is 0 Å². The van der Waals surface area contributed by atoms with Crippen LogP contribution in [0.5, 0.6) is 5.75 Å². The van der Waals surface area contributed by atoms with Crippen molar-refractivity contribution in [3.63, 3.8) is 0 Å². The molecule has 0 bridgehead atoms. The van der Waals surface area contributed by atoms with Crippen LogP contribution in [0.2, 0.25) is 0 Å². The van der Waals surface area contributed by atoms with Crippen molar-refractivity contribution in [2.24, 2.45) is 5.92 Å². The second-order valence-corrected chi connectivity index (χ2v) is 5.35. The first-order valence-corrected chi connectivity index (χ1v) is 6.70. The molecule has 21 heavy (non-hydrogen) atoms. The van der Waals surface area contributed by atoms with Gasteiger partial charge in [-0.05, 0) is 22.9 Å². The van der Waals surface area contributed by atoms with Crippen LogP contribution in [0, 0.1) is 5.92 Å². The highest BCUT2D eigenvalue weighted by molar-refractivity contribution is 5.91. The highest BCUT2D eigenvalue weighted by atomic mass is 19.4. The Hall–Kier alpha value is -1.75. The summed E-state index contributed by atoms with van der Waals surface area (Å²) in [5.74, 6) is 0.835. The van der Waals surface area contributed by atoms with Crippen LogP contribution >= 0.6 is 0 Å². The van der Waals surface area contributed by atoms with Gasteiger partial charge in [0.1, 0.15) is 5.75 Å². The maximum Gasteiger partial charge on any atom is 0.418 e. The number of halogens is 3. The third-order valence-electron chi connectivity index (χ3n) is 3.09. The first kappa shape index (κ1) is 15.6. The lowest BCUT2D eigenvalue weighted by Crippen LogP contribution is -2.20. The highest BCUT2D eigenvalue weighted by Crippen LogP contribution is 2.38. The van der Waals surface area contributed by atoms with E-state index in [1.54, 1.807) is 24.3 Å². The highest BCUT2D eigenvalue weighted by Gasteiger charge is 2.40. The minimum absolute atomic E-state index is 0.157. The number of aliphatic hydroxyl groups is 1. The molecule has 1 unspecified atom stereocenters. The SMILES string of the molecule is CC(C)COc1ccc(C(O)C(F)(F)F)c2ccccc12. The third kappa shape index (κ3) is 3.47. The molecule has 5 heteroatoms. The minimum atomic E-state index is -4.69. The lowest BCUT2D eigenvalue weighted by Gasteiger charge is -2.19. The van der Waals surface area contributed by atoms with Crippen molar-refractivity contribution >= 4 is 10.8 Å². The Bertz CT molecular complexity index is 620. The molecule has 0 saturated carbocycles. The molecule has 2 rings (SSSR count). The number of rotatable bonds is 4. The fourth-order valence-electron chi connectivity index (χ4n) is 2.09. The van der Waals surface area contributed by atoms with E-state index in [9.17, 15) is 18.3 Å². The van der Waals surface area contributed by atoms with Gasteiger partial charge in [0.15, 0.2) is 6.10 Å². The zero-order chi connectivity index (χ0) is 15.6. The molecule has 0 aliphatic rings. The maximum atomic E-state index is 12.7. The van der Waals surface area contributed by atoms with Crippen LogP contribution in [0.15, 0.2) is 36.4 Å². The molecule has 114 valence electrons. The molecule has 0 radical (unpaired) electrons. The van der Waals surface area contributed by atoms with E-state index in [0.29, 0.717) is 29.0 Å². The zero-order valence-electron chi connectivity index (χ0n) is 11.8. The van der Waals surface area contributed by atoms with Crippen molar-refractivity contribution in [2.75, 3.05) is 6.61 Å². The van der Waals surface area contributed by atoms with Crippen LogP contribution in [0.25, 0.3) is 10.8 Å². The Balaban J connectivity index is 2.49. The smallest absolute Gasteiger partial charge is 0.418 e. The van der Waals surface area contributed by atoms with Crippen LogP contribution in [0.4, 0.5) is 13.2 Å². The van der Waals surface area contributed by atoms with Gasteiger partial charge in [0, 0.05) is 5.39 Å². The number of benzene rings is 2. The van der Waals surface area contributed by atoms with Gasteiger partial charge in [-0.25, -0.2) is 0 Å². The molecule has 1 N–H and O–H groups in total. The summed E-state index contributed by atoms with van der Waals surface area (Å²) in [6.45, 7) is 4.46. The van der Waals surface area contributed by atoms with E-state index in [2.05, 4.69) is 0 Å². The van der Waals surface area contributed by atoms with Gasteiger partial charge in [0.2, 0.25) is 0 Å². The first-order chi connectivity index (χ1) is 9.80. The minimum Gasteiger partial charge on any atom is -0.493 e. The van der Waals surface area contributed by atoms with Gasteiger partial charge in [-0.1, -0.05) is 44.2 Å². The normalized spacial score (nSPS) is 13.7. The van der Waals surface area contributed by atoms with Crippen molar-refractivity contribution in [3.8, 4) is 5.75 Å². The standard InChI is InChI=1S/C16H17F3O2/c1-10(2)9-21-14-8-7-13(15(20)16(17,18)19)11-5-3-4-6-12(11)14/h3-8,10,15,20H,9H2,1-2H3. The Morgan fingerprint density at radius 2 is 1.67 bits per heavy atom. The summed E-state index contributed by atoms with van der Waals surface area (Å²) in [5.41, 5.74) is -0.157. The number of alkyl halides is 3. The molecular weight excluding hydrogens is 281 g/mol. The molecule has 0 spiro atoms. The van der Waals surface area contributed by atoms with E-state index in [4.69, 9.17) is 4.74 Å². The predicted molar refractivity (Wildman–Crippen MR) is 75.3 cm³/mol. The van der Waals surface area contributed by atoms with Crippen LogP contribution in [-0.4, -0.2) is 17.9 Å². The number of fused-ring (bicyclic) bond motifs is 1. The average molecular weight is 298 g/mol. The maximum absolute atomic E-state index is 12.7. The largest absolute Gasteiger partial charge is 0.493 e. The van der Waals surface area contributed by atoms with Crippen molar-refractivity contribution in [3.05, 3.63) is 42.0 Å². The molecule has 0 fully saturated rings. The molecule has 1 atom stereocenters. The number of aliphatic hydroxyl groups excluding tert-OH is 1. The lowest BCUT2D eigenvalue weighted by atomic mass is 9.99. The third-order valence-corrected chi connectivity index (χ3v) is 3.09. The van der Waals surface area contributed by atoms with E-state index in [-0.39, 0.29) is 5.56 Å². The Labute approximate surface area is 121 Å². The van der Waals surface area contributed by atoms with Crippen molar-refractivity contribution < 1.29 is 23.0 Å².